The van der Waals surface area contributed by atoms with E-state index in [1.165, 1.54) is 0 Å². The second-order valence-electron chi connectivity index (χ2n) is 4.17. The molecule has 3 N–H and O–H groups in total. The van der Waals surface area contributed by atoms with Gasteiger partial charge in [0.2, 0.25) is 5.91 Å². The van der Waals surface area contributed by atoms with Crippen LogP contribution in [0.4, 0.5) is 5.69 Å². The van der Waals surface area contributed by atoms with Gasteiger partial charge >= 0.3 is 0 Å². The molecule has 0 saturated heterocycles. The monoisotopic (exact) mass is 216 g/mol. The van der Waals surface area contributed by atoms with E-state index in [2.05, 4.69) is 11.9 Å². The lowest BCUT2D eigenvalue weighted by Gasteiger charge is -2.16. The summed E-state index contributed by atoms with van der Waals surface area (Å²) in [6.07, 6.45) is 3.44. The number of hydrogen-bond acceptors (Lipinski definition) is 2. The Morgan fingerprint density at radius 2 is 2.19 bits per heavy atom. The molecule has 1 aromatic rings. The van der Waals surface area contributed by atoms with Gasteiger partial charge < -0.3 is 11.1 Å². The van der Waals surface area contributed by atoms with Crippen molar-refractivity contribution in [1.82, 2.24) is 5.32 Å². The van der Waals surface area contributed by atoms with Crippen molar-refractivity contribution < 1.29 is 4.79 Å². The minimum Gasteiger partial charge on any atom is -0.398 e. The van der Waals surface area contributed by atoms with Crippen molar-refractivity contribution >= 4 is 11.6 Å². The van der Waals surface area contributed by atoms with Crippen molar-refractivity contribution in [3.8, 4) is 0 Å². The number of nitrogens with one attached hydrogen (secondary N) is 1. The highest BCUT2D eigenvalue weighted by Crippen LogP contribution is 2.50. The summed E-state index contributed by atoms with van der Waals surface area (Å²) < 4.78 is 0. The van der Waals surface area contributed by atoms with E-state index in [1.54, 1.807) is 6.08 Å². The molecular formula is C13H16N2O. The second-order valence-corrected chi connectivity index (χ2v) is 4.17. The van der Waals surface area contributed by atoms with Gasteiger partial charge in [0.05, 0.1) is 5.41 Å². The number of benzene rings is 1. The summed E-state index contributed by atoms with van der Waals surface area (Å²) in [5, 5.41) is 2.85. The van der Waals surface area contributed by atoms with E-state index in [0.29, 0.717) is 12.2 Å². The van der Waals surface area contributed by atoms with Gasteiger partial charge in [-0.05, 0) is 24.5 Å². The summed E-state index contributed by atoms with van der Waals surface area (Å²) in [5.41, 5.74) is 7.19. The Morgan fingerprint density at radius 3 is 2.75 bits per heavy atom. The lowest BCUT2D eigenvalue weighted by atomic mass is 9.93. The molecule has 0 radical (unpaired) electrons. The van der Waals surface area contributed by atoms with Crippen molar-refractivity contribution in [3.05, 3.63) is 42.5 Å². The third-order valence-electron chi connectivity index (χ3n) is 3.07. The molecule has 1 aromatic carbocycles. The quantitative estimate of drug-likeness (QED) is 0.593. The number of nitrogens with two attached hydrogens (primary N) is 1. The lowest BCUT2D eigenvalue weighted by Crippen LogP contribution is -2.35. The third kappa shape index (κ3) is 1.69. The maximum atomic E-state index is 12.0. The fourth-order valence-corrected chi connectivity index (χ4v) is 2.01. The Balaban J connectivity index is 2.23. The maximum Gasteiger partial charge on any atom is 0.230 e. The molecule has 1 fully saturated rings. The molecule has 2 rings (SSSR count). The summed E-state index contributed by atoms with van der Waals surface area (Å²) >= 11 is 0. The molecule has 16 heavy (non-hydrogen) atoms. The van der Waals surface area contributed by atoms with Crippen molar-refractivity contribution in [3.63, 3.8) is 0 Å². The number of carbonyl (C=O) groups excluding carboxylic acids is 1. The summed E-state index contributed by atoms with van der Waals surface area (Å²) in [6, 6.07) is 7.59. The van der Waals surface area contributed by atoms with Crippen LogP contribution in [-0.4, -0.2) is 12.5 Å². The molecule has 1 aliphatic rings. The Hall–Kier alpha value is -1.77. The van der Waals surface area contributed by atoms with Crippen LogP contribution >= 0.6 is 0 Å². The highest BCUT2D eigenvalue weighted by molar-refractivity contribution is 5.92. The standard InChI is InChI=1S/C13H16N2O/c1-2-9-15-12(16)13(7-8-13)10-5-3-4-6-11(10)14/h2-6H,1,7-9,14H2,(H,15,16). The van der Waals surface area contributed by atoms with Gasteiger partial charge in [-0.15, -0.1) is 6.58 Å². The lowest BCUT2D eigenvalue weighted by molar-refractivity contribution is -0.123. The molecule has 1 saturated carbocycles. The van der Waals surface area contributed by atoms with Gasteiger partial charge in [0.25, 0.3) is 0 Å². The fraction of sp³-hybridized carbons (Fsp3) is 0.308. The number of amides is 1. The topological polar surface area (TPSA) is 55.1 Å². The summed E-state index contributed by atoms with van der Waals surface area (Å²) in [6.45, 7) is 4.09. The maximum absolute atomic E-state index is 12.0. The Labute approximate surface area is 95.3 Å². The smallest absolute Gasteiger partial charge is 0.230 e. The predicted octanol–water partition coefficient (Wildman–Crippen LogP) is 1.60. The van der Waals surface area contributed by atoms with E-state index < -0.39 is 0 Å². The van der Waals surface area contributed by atoms with Crippen LogP contribution in [0, 0.1) is 0 Å². The molecule has 0 heterocycles. The molecule has 84 valence electrons. The third-order valence-corrected chi connectivity index (χ3v) is 3.07. The number of carbonyl (C=O) groups is 1. The van der Waals surface area contributed by atoms with Crippen LogP contribution in [0.2, 0.25) is 0 Å². The van der Waals surface area contributed by atoms with E-state index >= 15 is 0 Å². The number of anilines is 1. The molecule has 0 spiro atoms. The predicted molar refractivity (Wildman–Crippen MR) is 65.0 cm³/mol. The van der Waals surface area contributed by atoms with Gasteiger partial charge in [-0.2, -0.15) is 0 Å². The average Bonchev–Trinajstić information content (AvgIpc) is 3.08. The highest BCUT2D eigenvalue weighted by Gasteiger charge is 2.51. The number of para-hydroxylation sites is 1. The normalized spacial score (nSPS) is 16.5. The van der Waals surface area contributed by atoms with Crippen molar-refractivity contribution in [2.24, 2.45) is 0 Å². The first-order chi connectivity index (χ1) is 7.70. The summed E-state index contributed by atoms with van der Waals surface area (Å²) in [7, 11) is 0. The summed E-state index contributed by atoms with van der Waals surface area (Å²) in [5.74, 6) is 0.0605. The van der Waals surface area contributed by atoms with E-state index in [4.69, 9.17) is 5.73 Å². The van der Waals surface area contributed by atoms with Crippen LogP contribution in [0.1, 0.15) is 18.4 Å². The molecule has 0 aromatic heterocycles. The van der Waals surface area contributed by atoms with Gasteiger partial charge in [-0.3, -0.25) is 4.79 Å². The number of hydrogen-bond donors (Lipinski definition) is 2. The number of rotatable bonds is 4. The minimum atomic E-state index is -0.381. The molecule has 1 amide bonds. The van der Waals surface area contributed by atoms with Gasteiger partial charge in [-0.1, -0.05) is 24.3 Å². The Morgan fingerprint density at radius 1 is 1.50 bits per heavy atom. The van der Waals surface area contributed by atoms with Crippen molar-refractivity contribution in [1.29, 1.82) is 0 Å². The van der Waals surface area contributed by atoms with Crippen LogP contribution in [0.15, 0.2) is 36.9 Å². The van der Waals surface area contributed by atoms with Crippen LogP contribution in [0.5, 0.6) is 0 Å². The van der Waals surface area contributed by atoms with E-state index in [1.807, 2.05) is 24.3 Å². The largest absolute Gasteiger partial charge is 0.398 e. The molecule has 0 unspecified atom stereocenters. The van der Waals surface area contributed by atoms with Gasteiger partial charge in [0.15, 0.2) is 0 Å². The Bertz CT molecular complexity index is 422. The molecule has 0 atom stereocenters. The fourth-order valence-electron chi connectivity index (χ4n) is 2.01. The van der Waals surface area contributed by atoms with Crippen LogP contribution < -0.4 is 11.1 Å². The van der Waals surface area contributed by atoms with Crippen LogP contribution in [0.3, 0.4) is 0 Å². The van der Waals surface area contributed by atoms with Crippen LogP contribution in [-0.2, 0) is 10.2 Å². The zero-order valence-corrected chi connectivity index (χ0v) is 9.20. The summed E-state index contributed by atoms with van der Waals surface area (Å²) in [4.78, 5) is 12.0. The minimum absolute atomic E-state index is 0.0605. The van der Waals surface area contributed by atoms with Crippen molar-refractivity contribution in [2.45, 2.75) is 18.3 Å². The molecule has 0 bridgehead atoms. The first-order valence-electron chi connectivity index (χ1n) is 5.45. The zero-order valence-electron chi connectivity index (χ0n) is 9.20. The van der Waals surface area contributed by atoms with Gasteiger partial charge in [-0.25, -0.2) is 0 Å². The highest BCUT2D eigenvalue weighted by atomic mass is 16.2. The SMILES string of the molecule is C=CCNC(=O)C1(c2ccccc2N)CC1. The first-order valence-corrected chi connectivity index (χ1v) is 5.45. The van der Waals surface area contributed by atoms with E-state index in [9.17, 15) is 4.79 Å². The first kappa shape index (κ1) is 10.7. The zero-order chi connectivity index (χ0) is 11.6. The van der Waals surface area contributed by atoms with Crippen molar-refractivity contribution in [2.75, 3.05) is 12.3 Å². The van der Waals surface area contributed by atoms with Crippen LogP contribution in [0.25, 0.3) is 0 Å². The van der Waals surface area contributed by atoms with Gasteiger partial charge in [0.1, 0.15) is 0 Å². The second kappa shape index (κ2) is 4.00. The molecule has 0 aliphatic heterocycles. The average molecular weight is 216 g/mol. The van der Waals surface area contributed by atoms with E-state index in [0.717, 1.165) is 18.4 Å². The molecule has 3 nitrogen and oxygen atoms in total. The van der Waals surface area contributed by atoms with Gasteiger partial charge in [0, 0.05) is 12.2 Å². The number of nitrogen functional groups attached to an aromatic ring is 1. The molecular weight excluding hydrogens is 200 g/mol. The van der Waals surface area contributed by atoms with E-state index in [-0.39, 0.29) is 11.3 Å². The Kier molecular flexibility index (Phi) is 2.69. The molecule has 3 heteroatoms. The molecule has 1 aliphatic carbocycles.